The van der Waals surface area contributed by atoms with E-state index in [1.54, 1.807) is 43.3 Å². The molecule has 0 saturated carbocycles. The van der Waals surface area contributed by atoms with Gasteiger partial charge in [0.15, 0.2) is 0 Å². The molecule has 3 rings (SSSR count). The lowest BCUT2D eigenvalue weighted by atomic mass is 9.92. The van der Waals surface area contributed by atoms with Crippen LogP contribution in [-0.4, -0.2) is 48.3 Å². The van der Waals surface area contributed by atoms with Gasteiger partial charge in [0.05, 0.1) is 13.7 Å². The van der Waals surface area contributed by atoms with Gasteiger partial charge in [0.2, 0.25) is 0 Å². The molecular formula is C20H21BrN2O5. The smallest absolute Gasteiger partial charge is 0.325 e. The van der Waals surface area contributed by atoms with E-state index < -0.39 is 23.6 Å². The van der Waals surface area contributed by atoms with Crippen molar-refractivity contribution in [1.29, 1.82) is 0 Å². The number of halogens is 1. The minimum absolute atomic E-state index is 0.0522. The lowest BCUT2D eigenvalue weighted by molar-refractivity contribution is -0.132. The fourth-order valence-electron chi connectivity index (χ4n) is 3.01. The molecule has 0 bridgehead atoms. The number of imide groups is 1. The predicted molar refractivity (Wildman–Crippen MR) is 106 cm³/mol. The number of amides is 3. The van der Waals surface area contributed by atoms with Gasteiger partial charge in [-0.25, -0.2) is 4.79 Å². The molecule has 0 aromatic heterocycles. The van der Waals surface area contributed by atoms with Gasteiger partial charge >= 0.3 is 6.03 Å². The largest absolute Gasteiger partial charge is 0.497 e. The second-order valence-electron chi connectivity index (χ2n) is 6.63. The average molecular weight is 449 g/mol. The van der Waals surface area contributed by atoms with E-state index in [2.05, 4.69) is 21.2 Å². The fourth-order valence-corrected chi connectivity index (χ4v) is 3.38. The Morgan fingerprint density at radius 3 is 2.61 bits per heavy atom. The highest BCUT2D eigenvalue weighted by Gasteiger charge is 2.49. The first-order chi connectivity index (χ1) is 13.3. The minimum Gasteiger partial charge on any atom is -0.497 e. The van der Waals surface area contributed by atoms with E-state index in [0.29, 0.717) is 17.1 Å². The number of hydrogen-bond donors (Lipinski definition) is 2. The van der Waals surface area contributed by atoms with Gasteiger partial charge in [-0.1, -0.05) is 34.1 Å². The first-order valence-corrected chi connectivity index (χ1v) is 9.48. The van der Waals surface area contributed by atoms with E-state index in [9.17, 15) is 14.7 Å². The molecule has 28 heavy (non-hydrogen) atoms. The maximum absolute atomic E-state index is 12.9. The van der Waals surface area contributed by atoms with Crippen LogP contribution < -0.4 is 14.8 Å². The van der Waals surface area contributed by atoms with Crippen molar-refractivity contribution in [2.24, 2.45) is 0 Å². The monoisotopic (exact) mass is 448 g/mol. The predicted octanol–water partition coefficient (Wildman–Crippen LogP) is 2.66. The maximum Gasteiger partial charge on any atom is 0.325 e. The molecule has 2 atom stereocenters. The summed E-state index contributed by atoms with van der Waals surface area (Å²) in [5.74, 6) is 0.723. The molecule has 2 aromatic carbocycles. The van der Waals surface area contributed by atoms with Crippen molar-refractivity contribution in [2.75, 3.05) is 20.3 Å². The third kappa shape index (κ3) is 4.13. The zero-order valence-electron chi connectivity index (χ0n) is 15.5. The van der Waals surface area contributed by atoms with Crippen molar-refractivity contribution < 1.29 is 24.2 Å². The van der Waals surface area contributed by atoms with Gasteiger partial charge < -0.3 is 19.9 Å². The standard InChI is InChI=1S/C20H21BrN2O5/c1-20(13-5-3-7-16(9-13)27-2)18(25)23(19(26)22-20)11-15(24)12-28-17-8-4-6-14(21)10-17/h3-10,15,24H,11-12H2,1-2H3,(H,22,26)/t15-,20+/m0/s1. The first-order valence-electron chi connectivity index (χ1n) is 8.68. The number of β-amino-alcohol motifs (C(OH)–C–C–N with tert-alkyl or cyclic N) is 1. The van der Waals surface area contributed by atoms with Gasteiger partial charge in [-0.3, -0.25) is 9.69 Å². The normalized spacial score (nSPS) is 20.1. The van der Waals surface area contributed by atoms with E-state index in [0.717, 1.165) is 9.37 Å². The number of aliphatic hydroxyl groups excluding tert-OH is 1. The molecule has 0 unspecified atom stereocenters. The van der Waals surface area contributed by atoms with E-state index in [4.69, 9.17) is 9.47 Å². The van der Waals surface area contributed by atoms with Crippen LogP contribution in [0.25, 0.3) is 0 Å². The second kappa shape index (κ2) is 8.20. The molecule has 7 nitrogen and oxygen atoms in total. The number of benzene rings is 2. The molecule has 2 aromatic rings. The van der Waals surface area contributed by atoms with E-state index in [1.165, 1.54) is 7.11 Å². The summed E-state index contributed by atoms with van der Waals surface area (Å²) in [5.41, 5.74) is -0.621. The van der Waals surface area contributed by atoms with Crippen LogP contribution in [0.4, 0.5) is 4.79 Å². The van der Waals surface area contributed by atoms with Crippen molar-refractivity contribution in [2.45, 2.75) is 18.6 Å². The van der Waals surface area contributed by atoms with Crippen molar-refractivity contribution in [3.05, 3.63) is 58.6 Å². The molecular weight excluding hydrogens is 428 g/mol. The maximum atomic E-state index is 12.9. The quantitative estimate of drug-likeness (QED) is 0.635. The zero-order chi connectivity index (χ0) is 20.3. The van der Waals surface area contributed by atoms with Crippen LogP contribution in [-0.2, 0) is 10.3 Å². The average Bonchev–Trinajstić information content (AvgIpc) is 2.90. The summed E-state index contributed by atoms with van der Waals surface area (Å²) in [6, 6.07) is 13.6. The summed E-state index contributed by atoms with van der Waals surface area (Å²) in [6.45, 7) is 1.41. The highest BCUT2D eigenvalue weighted by atomic mass is 79.9. The molecule has 1 saturated heterocycles. The highest BCUT2D eigenvalue weighted by molar-refractivity contribution is 9.10. The SMILES string of the molecule is COc1cccc([C@@]2(C)NC(=O)N(C[C@H](O)COc3cccc(Br)c3)C2=O)c1. The molecule has 1 heterocycles. The number of carbonyl (C=O) groups excluding carboxylic acids is 2. The van der Waals surface area contributed by atoms with Crippen LogP contribution in [0.3, 0.4) is 0 Å². The number of aliphatic hydroxyl groups is 1. The summed E-state index contributed by atoms with van der Waals surface area (Å²) < 4.78 is 11.6. The number of nitrogens with one attached hydrogen (secondary N) is 1. The molecule has 0 radical (unpaired) electrons. The number of methoxy groups -OCH3 is 1. The zero-order valence-corrected chi connectivity index (χ0v) is 17.1. The summed E-state index contributed by atoms with van der Waals surface area (Å²) in [7, 11) is 1.53. The molecule has 1 aliphatic rings. The van der Waals surface area contributed by atoms with Crippen LogP contribution in [0, 0.1) is 0 Å². The molecule has 8 heteroatoms. The number of nitrogens with zero attached hydrogens (tertiary/aromatic N) is 1. The van der Waals surface area contributed by atoms with Gasteiger partial charge in [-0.15, -0.1) is 0 Å². The Kier molecular flexibility index (Phi) is 5.90. The summed E-state index contributed by atoms with van der Waals surface area (Å²) in [6.07, 6.45) is -1.03. The Hall–Kier alpha value is -2.58. The Morgan fingerprint density at radius 1 is 1.18 bits per heavy atom. The van der Waals surface area contributed by atoms with Crippen molar-refractivity contribution >= 4 is 27.9 Å². The number of urea groups is 1. The number of hydrogen-bond acceptors (Lipinski definition) is 5. The van der Waals surface area contributed by atoms with Crippen molar-refractivity contribution in [3.63, 3.8) is 0 Å². The van der Waals surface area contributed by atoms with Gasteiger partial charge in [0, 0.05) is 4.47 Å². The van der Waals surface area contributed by atoms with E-state index >= 15 is 0 Å². The van der Waals surface area contributed by atoms with Gasteiger partial charge in [-0.2, -0.15) is 0 Å². The lowest BCUT2D eigenvalue weighted by Crippen LogP contribution is -2.42. The number of ether oxygens (including phenoxy) is 2. The fraction of sp³-hybridized carbons (Fsp3) is 0.300. The van der Waals surface area contributed by atoms with Crippen LogP contribution in [0.15, 0.2) is 53.0 Å². The van der Waals surface area contributed by atoms with E-state index in [-0.39, 0.29) is 13.2 Å². The molecule has 0 spiro atoms. The van der Waals surface area contributed by atoms with E-state index in [1.807, 2.05) is 12.1 Å². The van der Waals surface area contributed by atoms with Gasteiger partial charge in [0.25, 0.3) is 5.91 Å². The summed E-state index contributed by atoms with van der Waals surface area (Å²) in [5, 5.41) is 13.0. The van der Waals surface area contributed by atoms with Crippen LogP contribution in [0.5, 0.6) is 11.5 Å². The Morgan fingerprint density at radius 2 is 1.89 bits per heavy atom. The summed E-state index contributed by atoms with van der Waals surface area (Å²) >= 11 is 3.34. The Bertz CT molecular complexity index is 890. The van der Waals surface area contributed by atoms with Crippen molar-refractivity contribution in [3.8, 4) is 11.5 Å². The Labute approximate surface area is 171 Å². The van der Waals surface area contributed by atoms with Crippen LogP contribution in [0.2, 0.25) is 0 Å². The lowest BCUT2D eigenvalue weighted by Gasteiger charge is -2.23. The van der Waals surface area contributed by atoms with Gasteiger partial charge in [-0.05, 0) is 42.8 Å². The first kappa shape index (κ1) is 20.2. The van der Waals surface area contributed by atoms with Gasteiger partial charge in [0.1, 0.15) is 29.7 Å². The summed E-state index contributed by atoms with van der Waals surface area (Å²) in [4.78, 5) is 26.3. The third-order valence-corrected chi connectivity index (χ3v) is 5.05. The van der Waals surface area contributed by atoms with Crippen molar-refractivity contribution in [1.82, 2.24) is 10.2 Å². The Balaban J connectivity index is 1.67. The number of carbonyl (C=O) groups is 2. The third-order valence-electron chi connectivity index (χ3n) is 4.55. The highest BCUT2D eigenvalue weighted by Crippen LogP contribution is 2.31. The molecule has 3 amide bonds. The molecule has 148 valence electrons. The molecule has 1 aliphatic heterocycles. The second-order valence-corrected chi connectivity index (χ2v) is 7.54. The minimum atomic E-state index is -1.23. The molecule has 2 N–H and O–H groups in total. The number of rotatable bonds is 7. The van der Waals surface area contributed by atoms with Crippen LogP contribution >= 0.6 is 15.9 Å². The topological polar surface area (TPSA) is 88.1 Å². The van der Waals surface area contributed by atoms with Crippen LogP contribution in [0.1, 0.15) is 12.5 Å². The molecule has 1 fully saturated rings. The molecule has 0 aliphatic carbocycles.